The maximum Gasteiger partial charge on any atom is 0.227 e. The molecule has 0 radical (unpaired) electrons. The van der Waals surface area contributed by atoms with Gasteiger partial charge < -0.3 is 10.3 Å². The topological polar surface area (TPSA) is 83.0 Å². The highest BCUT2D eigenvalue weighted by molar-refractivity contribution is 6.35. The number of anilines is 2. The predicted molar refractivity (Wildman–Crippen MR) is 144 cm³/mol. The third kappa shape index (κ3) is 5.64. The number of aromatic nitrogens is 3. The molecule has 7 heteroatoms. The number of fused-ring (bicyclic) bond motifs is 1. The second-order valence-corrected chi connectivity index (χ2v) is 10.6. The first-order chi connectivity index (χ1) is 16.9. The SMILES string of the molecule is CC1C=NC(c2ccnc(Nc3cc(Cl)c4[nH]c(C(=O)CCC5CCCC(C)C5)cc4c3)n2)=CC1. The summed E-state index contributed by atoms with van der Waals surface area (Å²) in [5, 5.41) is 4.69. The molecule has 2 aliphatic rings. The number of halogens is 1. The van der Waals surface area contributed by atoms with Gasteiger partial charge in [-0.15, -0.1) is 0 Å². The lowest BCUT2D eigenvalue weighted by Gasteiger charge is -2.26. The Morgan fingerprint density at radius 2 is 2.11 bits per heavy atom. The van der Waals surface area contributed by atoms with Crippen LogP contribution in [0.3, 0.4) is 0 Å². The number of ketones is 1. The monoisotopic (exact) mass is 489 g/mol. The minimum absolute atomic E-state index is 0.150. The Morgan fingerprint density at radius 3 is 2.91 bits per heavy atom. The van der Waals surface area contributed by atoms with Crippen LogP contribution in [0.4, 0.5) is 11.6 Å². The number of H-pyrrole nitrogens is 1. The molecule has 1 aliphatic heterocycles. The van der Waals surface area contributed by atoms with Crippen LogP contribution in [0.15, 0.2) is 41.5 Å². The van der Waals surface area contributed by atoms with Gasteiger partial charge in [-0.05, 0) is 61.3 Å². The highest BCUT2D eigenvalue weighted by Crippen LogP contribution is 2.33. The molecule has 35 heavy (non-hydrogen) atoms. The Labute approximate surface area is 211 Å². The van der Waals surface area contributed by atoms with E-state index >= 15 is 0 Å². The fourth-order valence-corrected chi connectivity index (χ4v) is 5.47. The number of aliphatic imine (C=N–C) groups is 1. The fourth-order valence-electron chi connectivity index (χ4n) is 5.19. The van der Waals surface area contributed by atoms with Crippen LogP contribution in [-0.2, 0) is 0 Å². The second kappa shape index (κ2) is 10.3. The molecule has 5 rings (SSSR count). The minimum atomic E-state index is 0.150. The van der Waals surface area contributed by atoms with Gasteiger partial charge in [0, 0.05) is 29.9 Å². The molecule has 3 heterocycles. The van der Waals surface area contributed by atoms with E-state index in [9.17, 15) is 4.79 Å². The number of hydrogen-bond donors (Lipinski definition) is 2. The van der Waals surface area contributed by atoms with Gasteiger partial charge in [-0.3, -0.25) is 9.79 Å². The Hall–Kier alpha value is -2.99. The van der Waals surface area contributed by atoms with Gasteiger partial charge in [-0.25, -0.2) is 9.97 Å². The second-order valence-electron chi connectivity index (χ2n) is 10.2. The van der Waals surface area contributed by atoms with Gasteiger partial charge in [0.2, 0.25) is 5.95 Å². The van der Waals surface area contributed by atoms with E-state index < -0.39 is 0 Å². The molecule has 1 aromatic carbocycles. The Morgan fingerprint density at radius 1 is 1.23 bits per heavy atom. The fraction of sp³-hybridized carbons (Fsp3) is 0.429. The quantitative estimate of drug-likeness (QED) is 0.335. The molecule has 1 saturated carbocycles. The van der Waals surface area contributed by atoms with Crippen LogP contribution in [0.5, 0.6) is 0 Å². The Kier molecular flexibility index (Phi) is 7.00. The first-order valence-corrected chi connectivity index (χ1v) is 13.0. The van der Waals surface area contributed by atoms with Crippen LogP contribution in [-0.4, -0.2) is 26.9 Å². The number of carbonyl (C=O) groups is 1. The smallest absolute Gasteiger partial charge is 0.227 e. The van der Waals surface area contributed by atoms with Gasteiger partial charge >= 0.3 is 0 Å². The summed E-state index contributed by atoms with van der Waals surface area (Å²) in [6, 6.07) is 7.55. The van der Waals surface area contributed by atoms with E-state index in [4.69, 9.17) is 11.6 Å². The number of nitrogens with zero attached hydrogens (tertiary/aromatic N) is 3. The van der Waals surface area contributed by atoms with Gasteiger partial charge in [0.05, 0.1) is 27.6 Å². The molecule has 3 unspecified atom stereocenters. The van der Waals surface area contributed by atoms with E-state index in [0.29, 0.717) is 34.9 Å². The van der Waals surface area contributed by atoms with Crippen molar-refractivity contribution in [3.05, 3.63) is 52.9 Å². The van der Waals surface area contributed by atoms with Crippen molar-refractivity contribution in [1.82, 2.24) is 15.0 Å². The molecular formula is C28H32ClN5O. The van der Waals surface area contributed by atoms with Crippen molar-refractivity contribution >= 4 is 51.8 Å². The van der Waals surface area contributed by atoms with Gasteiger partial charge in [-0.1, -0.05) is 50.8 Å². The molecule has 3 atom stereocenters. The summed E-state index contributed by atoms with van der Waals surface area (Å²) in [4.78, 5) is 29.6. The van der Waals surface area contributed by atoms with Crippen molar-refractivity contribution in [2.24, 2.45) is 22.7 Å². The van der Waals surface area contributed by atoms with Crippen molar-refractivity contribution in [1.29, 1.82) is 0 Å². The molecule has 0 saturated heterocycles. The number of carbonyl (C=O) groups excluding carboxylic acids is 1. The molecular weight excluding hydrogens is 458 g/mol. The van der Waals surface area contributed by atoms with Crippen molar-refractivity contribution in [2.75, 3.05) is 5.32 Å². The van der Waals surface area contributed by atoms with E-state index in [0.717, 1.165) is 46.7 Å². The van der Waals surface area contributed by atoms with E-state index in [1.807, 2.05) is 30.5 Å². The van der Waals surface area contributed by atoms with E-state index in [1.54, 1.807) is 6.20 Å². The van der Waals surface area contributed by atoms with Crippen LogP contribution in [0, 0.1) is 17.8 Å². The standard InChI is InChI=1S/C28H32ClN5O/c1-17-4-3-5-19(12-17)7-9-26(35)25-14-20-13-21(15-22(29)27(20)33-25)32-28-30-11-10-24(34-28)23-8-6-18(2)16-31-23/h8,10-11,13-19,33H,3-7,9,12H2,1-2H3,(H,30,32,34). The van der Waals surface area contributed by atoms with Crippen molar-refractivity contribution < 1.29 is 4.79 Å². The lowest BCUT2D eigenvalue weighted by atomic mass is 9.80. The summed E-state index contributed by atoms with van der Waals surface area (Å²) in [7, 11) is 0. The third-order valence-electron chi connectivity index (χ3n) is 7.13. The maximum atomic E-state index is 12.9. The molecule has 1 fully saturated rings. The lowest BCUT2D eigenvalue weighted by Crippen LogP contribution is -2.14. The maximum absolute atomic E-state index is 12.9. The Balaban J connectivity index is 1.29. The summed E-state index contributed by atoms with van der Waals surface area (Å²) in [6.07, 6.45) is 13.4. The number of hydrogen-bond acceptors (Lipinski definition) is 5. The molecule has 182 valence electrons. The normalized spacial score (nSPS) is 22.3. The molecule has 0 bridgehead atoms. The zero-order valence-electron chi connectivity index (χ0n) is 20.4. The average molecular weight is 490 g/mol. The van der Waals surface area contributed by atoms with Crippen molar-refractivity contribution in [2.45, 2.75) is 58.8 Å². The number of aromatic amines is 1. The zero-order chi connectivity index (χ0) is 24.4. The van der Waals surface area contributed by atoms with Crippen molar-refractivity contribution in [3.63, 3.8) is 0 Å². The Bertz CT molecular complexity index is 1290. The summed E-state index contributed by atoms with van der Waals surface area (Å²) < 4.78 is 0. The van der Waals surface area contributed by atoms with Crippen LogP contribution >= 0.6 is 11.6 Å². The zero-order valence-corrected chi connectivity index (χ0v) is 21.1. The molecule has 2 N–H and O–H groups in total. The average Bonchev–Trinajstić information content (AvgIpc) is 3.28. The van der Waals surface area contributed by atoms with Crippen LogP contribution in [0.1, 0.15) is 75.0 Å². The summed E-state index contributed by atoms with van der Waals surface area (Å²) >= 11 is 6.58. The molecule has 0 amide bonds. The van der Waals surface area contributed by atoms with E-state index in [-0.39, 0.29) is 5.78 Å². The highest BCUT2D eigenvalue weighted by Gasteiger charge is 2.21. The number of Topliss-reactive ketones (excluding diaryl/α,β-unsaturated/α-hetero) is 1. The number of benzene rings is 1. The first kappa shape index (κ1) is 23.7. The number of allylic oxidation sites excluding steroid dienone is 1. The number of nitrogens with one attached hydrogen (secondary N) is 2. The van der Waals surface area contributed by atoms with Gasteiger partial charge in [0.15, 0.2) is 5.78 Å². The molecule has 0 spiro atoms. The highest BCUT2D eigenvalue weighted by atomic mass is 35.5. The largest absolute Gasteiger partial charge is 0.351 e. The van der Waals surface area contributed by atoms with Crippen LogP contribution in [0.25, 0.3) is 16.6 Å². The number of rotatable bonds is 7. The summed E-state index contributed by atoms with van der Waals surface area (Å²) in [5.74, 6) is 2.52. The van der Waals surface area contributed by atoms with Gasteiger partial charge in [0.25, 0.3) is 0 Å². The van der Waals surface area contributed by atoms with E-state index in [2.05, 4.69) is 45.2 Å². The minimum Gasteiger partial charge on any atom is -0.351 e. The summed E-state index contributed by atoms with van der Waals surface area (Å²) in [5.41, 5.74) is 3.80. The van der Waals surface area contributed by atoms with Crippen LogP contribution in [0.2, 0.25) is 5.02 Å². The van der Waals surface area contributed by atoms with E-state index in [1.165, 1.54) is 25.7 Å². The molecule has 3 aromatic rings. The molecule has 1 aliphatic carbocycles. The van der Waals surface area contributed by atoms with Gasteiger partial charge in [-0.2, -0.15) is 0 Å². The third-order valence-corrected chi connectivity index (χ3v) is 7.43. The summed E-state index contributed by atoms with van der Waals surface area (Å²) in [6.45, 7) is 4.46. The van der Waals surface area contributed by atoms with Crippen molar-refractivity contribution in [3.8, 4) is 0 Å². The van der Waals surface area contributed by atoms with Gasteiger partial charge in [0.1, 0.15) is 0 Å². The predicted octanol–water partition coefficient (Wildman–Crippen LogP) is 7.60. The molecule has 6 nitrogen and oxygen atoms in total. The lowest BCUT2D eigenvalue weighted by molar-refractivity contribution is 0.0963. The molecule has 2 aromatic heterocycles. The van der Waals surface area contributed by atoms with Crippen LogP contribution < -0.4 is 5.32 Å². The first-order valence-electron chi connectivity index (χ1n) is 12.6.